The number of aromatic nitrogens is 2. The van der Waals surface area contributed by atoms with Gasteiger partial charge in [0.2, 0.25) is 0 Å². The number of halogens is 1. The maximum absolute atomic E-state index is 6.21. The molecule has 3 nitrogen and oxygen atoms in total. The standard InChI is InChI=1S/C15H24ClN3/c1-3-7-12-14(16)17-10-18-15(12)19-13-9-6-5-8-11(13)4-2/h10-11,13H,3-9H2,1-2H3,(H,17,18,19). The van der Waals surface area contributed by atoms with Crippen molar-refractivity contribution in [3.63, 3.8) is 0 Å². The van der Waals surface area contributed by atoms with Crippen molar-refractivity contribution in [2.45, 2.75) is 64.8 Å². The van der Waals surface area contributed by atoms with E-state index in [1.165, 1.54) is 32.1 Å². The van der Waals surface area contributed by atoms with Crippen LogP contribution >= 0.6 is 11.6 Å². The molecule has 0 aromatic carbocycles. The summed E-state index contributed by atoms with van der Waals surface area (Å²) in [6.45, 7) is 4.44. The van der Waals surface area contributed by atoms with Gasteiger partial charge in [-0.3, -0.25) is 0 Å². The Morgan fingerprint density at radius 1 is 1.26 bits per heavy atom. The largest absolute Gasteiger partial charge is 0.367 e. The van der Waals surface area contributed by atoms with Gasteiger partial charge in [0.15, 0.2) is 0 Å². The van der Waals surface area contributed by atoms with Gasteiger partial charge in [-0.1, -0.05) is 51.1 Å². The van der Waals surface area contributed by atoms with E-state index in [9.17, 15) is 0 Å². The van der Waals surface area contributed by atoms with Crippen LogP contribution in [0.2, 0.25) is 5.15 Å². The van der Waals surface area contributed by atoms with Gasteiger partial charge in [-0.25, -0.2) is 9.97 Å². The first-order valence-corrected chi connectivity index (χ1v) is 7.90. The van der Waals surface area contributed by atoms with Crippen LogP contribution in [0.25, 0.3) is 0 Å². The van der Waals surface area contributed by atoms with Crippen molar-refractivity contribution in [2.24, 2.45) is 5.92 Å². The maximum atomic E-state index is 6.21. The van der Waals surface area contributed by atoms with E-state index in [1.54, 1.807) is 6.33 Å². The highest BCUT2D eigenvalue weighted by Crippen LogP contribution is 2.31. The lowest BCUT2D eigenvalue weighted by Crippen LogP contribution is -2.32. The summed E-state index contributed by atoms with van der Waals surface area (Å²) >= 11 is 6.21. The summed E-state index contributed by atoms with van der Waals surface area (Å²) in [5.41, 5.74) is 1.08. The minimum absolute atomic E-state index is 0.542. The molecule has 2 rings (SSSR count). The average molecular weight is 282 g/mol. The zero-order valence-electron chi connectivity index (χ0n) is 12.0. The van der Waals surface area contributed by atoms with E-state index in [0.29, 0.717) is 11.2 Å². The lowest BCUT2D eigenvalue weighted by Gasteiger charge is -2.32. The Morgan fingerprint density at radius 2 is 2.05 bits per heavy atom. The first kappa shape index (κ1) is 14.6. The number of nitrogens with one attached hydrogen (secondary N) is 1. The molecule has 0 radical (unpaired) electrons. The molecule has 1 aliphatic carbocycles. The fraction of sp³-hybridized carbons (Fsp3) is 0.733. The summed E-state index contributed by atoms with van der Waals surface area (Å²) in [5.74, 6) is 1.71. The van der Waals surface area contributed by atoms with E-state index in [2.05, 4.69) is 29.1 Å². The molecule has 1 heterocycles. The molecule has 4 heteroatoms. The molecule has 0 spiro atoms. The fourth-order valence-corrected chi connectivity index (χ4v) is 3.28. The van der Waals surface area contributed by atoms with Crippen LogP contribution < -0.4 is 5.32 Å². The van der Waals surface area contributed by atoms with Crippen molar-refractivity contribution in [1.29, 1.82) is 0 Å². The third-order valence-electron chi connectivity index (χ3n) is 4.15. The highest BCUT2D eigenvalue weighted by atomic mass is 35.5. The van der Waals surface area contributed by atoms with Crippen molar-refractivity contribution in [2.75, 3.05) is 5.32 Å². The summed E-state index contributed by atoms with van der Waals surface area (Å²) < 4.78 is 0. The molecular weight excluding hydrogens is 258 g/mol. The highest BCUT2D eigenvalue weighted by Gasteiger charge is 2.24. The molecule has 0 saturated heterocycles. The van der Waals surface area contributed by atoms with E-state index >= 15 is 0 Å². The van der Waals surface area contributed by atoms with E-state index in [-0.39, 0.29) is 0 Å². The van der Waals surface area contributed by atoms with Gasteiger partial charge in [-0.2, -0.15) is 0 Å². The fourth-order valence-electron chi connectivity index (χ4n) is 3.05. The van der Waals surface area contributed by atoms with Crippen LogP contribution in [0.5, 0.6) is 0 Å². The van der Waals surface area contributed by atoms with Crippen molar-refractivity contribution >= 4 is 17.4 Å². The summed E-state index contributed by atoms with van der Waals surface area (Å²) in [7, 11) is 0. The van der Waals surface area contributed by atoms with Crippen molar-refractivity contribution in [3.05, 3.63) is 17.0 Å². The molecule has 2 atom stereocenters. The third kappa shape index (κ3) is 3.59. The number of hydrogen-bond acceptors (Lipinski definition) is 3. The molecule has 1 aromatic rings. The Bertz CT molecular complexity index is 408. The van der Waals surface area contributed by atoms with Crippen LogP contribution in [-0.4, -0.2) is 16.0 Å². The summed E-state index contributed by atoms with van der Waals surface area (Å²) in [6.07, 6.45) is 10.0. The van der Waals surface area contributed by atoms with Crippen molar-refractivity contribution in [3.8, 4) is 0 Å². The molecule has 1 saturated carbocycles. The topological polar surface area (TPSA) is 37.8 Å². The zero-order chi connectivity index (χ0) is 13.7. The highest BCUT2D eigenvalue weighted by molar-refractivity contribution is 6.30. The van der Waals surface area contributed by atoms with Crippen LogP contribution in [0.4, 0.5) is 5.82 Å². The van der Waals surface area contributed by atoms with Crippen molar-refractivity contribution < 1.29 is 0 Å². The van der Waals surface area contributed by atoms with E-state index < -0.39 is 0 Å². The molecule has 0 amide bonds. The second-order valence-electron chi connectivity index (χ2n) is 5.45. The normalized spacial score (nSPS) is 23.3. The average Bonchev–Trinajstić information content (AvgIpc) is 2.43. The molecule has 106 valence electrons. The van der Waals surface area contributed by atoms with Gasteiger partial charge in [0, 0.05) is 11.6 Å². The van der Waals surface area contributed by atoms with Crippen LogP contribution in [-0.2, 0) is 6.42 Å². The quantitative estimate of drug-likeness (QED) is 0.810. The molecule has 19 heavy (non-hydrogen) atoms. The van der Waals surface area contributed by atoms with Crippen LogP contribution in [0, 0.1) is 5.92 Å². The van der Waals surface area contributed by atoms with Gasteiger partial charge in [0.25, 0.3) is 0 Å². The molecule has 2 unspecified atom stereocenters. The minimum atomic E-state index is 0.542. The number of rotatable bonds is 5. The van der Waals surface area contributed by atoms with Crippen LogP contribution in [0.15, 0.2) is 6.33 Å². The SMILES string of the molecule is CCCc1c(Cl)ncnc1NC1CCCCC1CC. The second kappa shape index (κ2) is 7.09. The molecule has 1 aromatic heterocycles. The Balaban J connectivity index is 2.15. The lowest BCUT2D eigenvalue weighted by atomic mass is 9.83. The predicted octanol–water partition coefficient (Wildman–Crippen LogP) is 4.46. The molecule has 0 aliphatic heterocycles. The lowest BCUT2D eigenvalue weighted by molar-refractivity contribution is 0.316. The molecule has 1 fully saturated rings. The van der Waals surface area contributed by atoms with Gasteiger partial charge in [0.05, 0.1) is 0 Å². The first-order chi connectivity index (χ1) is 9.26. The van der Waals surface area contributed by atoms with E-state index in [4.69, 9.17) is 11.6 Å². The Hall–Kier alpha value is -0.830. The Kier molecular flexibility index (Phi) is 5.44. The Labute approximate surface area is 121 Å². The van der Waals surface area contributed by atoms with E-state index in [0.717, 1.165) is 30.1 Å². The monoisotopic (exact) mass is 281 g/mol. The Morgan fingerprint density at radius 3 is 2.79 bits per heavy atom. The number of anilines is 1. The number of nitrogens with zero attached hydrogens (tertiary/aromatic N) is 2. The zero-order valence-corrected chi connectivity index (χ0v) is 12.7. The van der Waals surface area contributed by atoms with Gasteiger partial charge >= 0.3 is 0 Å². The molecule has 1 N–H and O–H groups in total. The van der Waals surface area contributed by atoms with Crippen LogP contribution in [0.1, 0.15) is 57.9 Å². The summed E-state index contributed by atoms with van der Waals surface area (Å²) in [4.78, 5) is 8.52. The number of hydrogen-bond donors (Lipinski definition) is 1. The van der Waals surface area contributed by atoms with Gasteiger partial charge in [0.1, 0.15) is 17.3 Å². The smallest absolute Gasteiger partial charge is 0.137 e. The van der Waals surface area contributed by atoms with Crippen LogP contribution in [0.3, 0.4) is 0 Å². The van der Waals surface area contributed by atoms with Gasteiger partial charge < -0.3 is 5.32 Å². The van der Waals surface area contributed by atoms with E-state index in [1.807, 2.05) is 0 Å². The van der Waals surface area contributed by atoms with Gasteiger partial charge in [-0.05, 0) is 25.2 Å². The summed E-state index contributed by atoms with van der Waals surface area (Å²) in [5, 5.41) is 4.24. The third-order valence-corrected chi connectivity index (χ3v) is 4.47. The molecular formula is C15H24ClN3. The van der Waals surface area contributed by atoms with Gasteiger partial charge in [-0.15, -0.1) is 0 Å². The summed E-state index contributed by atoms with van der Waals surface area (Å²) in [6, 6.07) is 0.542. The predicted molar refractivity (Wildman–Crippen MR) is 80.7 cm³/mol. The molecule has 1 aliphatic rings. The minimum Gasteiger partial charge on any atom is -0.367 e. The van der Waals surface area contributed by atoms with Crippen molar-refractivity contribution in [1.82, 2.24) is 9.97 Å². The maximum Gasteiger partial charge on any atom is 0.137 e. The first-order valence-electron chi connectivity index (χ1n) is 7.52. The second-order valence-corrected chi connectivity index (χ2v) is 5.80. The molecule has 0 bridgehead atoms.